The zero-order chi connectivity index (χ0) is 14.9. The Kier molecular flexibility index (Phi) is 3.88. The van der Waals surface area contributed by atoms with Gasteiger partial charge in [-0.15, -0.1) is 0 Å². The first-order chi connectivity index (χ1) is 10.1. The number of nitrogens with zero attached hydrogens (tertiary/aromatic N) is 2. The number of rotatable bonds is 3. The Bertz CT molecular complexity index is 470. The van der Waals surface area contributed by atoms with E-state index in [1.165, 1.54) is 12.8 Å². The summed E-state index contributed by atoms with van der Waals surface area (Å²) in [6, 6.07) is 2.62. The summed E-state index contributed by atoms with van der Waals surface area (Å²) in [6.07, 6.45) is 8.28. The van der Waals surface area contributed by atoms with Gasteiger partial charge < -0.3 is 10.2 Å². The van der Waals surface area contributed by atoms with Crippen LogP contribution in [0.5, 0.6) is 0 Å². The molecule has 1 aliphatic heterocycles. The summed E-state index contributed by atoms with van der Waals surface area (Å²) in [5.41, 5.74) is -0.680. The maximum atomic E-state index is 12.4. The van der Waals surface area contributed by atoms with Crippen molar-refractivity contribution >= 4 is 11.8 Å². The van der Waals surface area contributed by atoms with E-state index in [2.05, 4.69) is 11.4 Å². The van der Waals surface area contributed by atoms with Gasteiger partial charge in [-0.2, -0.15) is 5.26 Å². The number of nitrogens with one attached hydrogen (secondary N) is 1. The summed E-state index contributed by atoms with van der Waals surface area (Å²) in [5.74, 6) is -0.268. The second-order valence-electron chi connectivity index (χ2n) is 6.78. The van der Waals surface area contributed by atoms with Gasteiger partial charge in [-0.05, 0) is 38.5 Å². The highest BCUT2D eigenvalue weighted by atomic mass is 16.2. The molecule has 0 radical (unpaired) electrons. The molecule has 1 saturated heterocycles. The lowest BCUT2D eigenvalue weighted by molar-refractivity contribution is -0.130. The zero-order valence-corrected chi connectivity index (χ0v) is 12.4. The summed E-state index contributed by atoms with van der Waals surface area (Å²) < 4.78 is 0. The molecule has 5 heteroatoms. The SMILES string of the molecule is N#CC1(NC(=O)[C@H]2CC(=O)N(C3CCCC3)C2)CCCC1. The van der Waals surface area contributed by atoms with Crippen LogP contribution in [0.4, 0.5) is 0 Å². The van der Waals surface area contributed by atoms with E-state index in [1.807, 2.05) is 4.90 Å². The predicted molar refractivity (Wildman–Crippen MR) is 77.0 cm³/mol. The molecule has 0 spiro atoms. The van der Waals surface area contributed by atoms with E-state index < -0.39 is 5.54 Å². The first kappa shape index (κ1) is 14.4. The fourth-order valence-electron chi connectivity index (χ4n) is 4.06. The Labute approximate surface area is 125 Å². The maximum Gasteiger partial charge on any atom is 0.226 e. The summed E-state index contributed by atoms with van der Waals surface area (Å²) in [7, 11) is 0. The van der Waals surface area contributed by atoms with E-state index in [4.69, 9.17) is 0 Å². The molecule has 1 atom stereocenters. The molecule has 2 saturated carbocycles. The molecular weight excluding hydrogens is 266 g/mol. The van der Waals surface area contributed by atoms with Crippen molar-refractivity contribution in [1.82, 2.24) is 10.2 Å². The fourth-order valence-corrected chi connectivity index (χ4v) is 4.06. The minimum absolute atomic E-state index is 0.104. The molecule has 3 rings (SSSR count). The Hall–Kier alpha value is -1.57. The zero-order valence-electron chi connectivity index (χ0n) is 12.4. The third kappa shape index (κ3) is 2.76. The Morgan fingerprint density at radius 3 is 2.52 bits per heavy atom. The average Bonchev–Trinajstić information content (AvgIpc) is 3.18. The van der Waals surface area contributed by atoms with Crippen LogP contribution in [0.2, 0.25) is 0 Å². The van der Waals surface area contributed by atoms with Crippen molar-refractivity contribution < 1.29 is 9.59 Å². The predicted octanol–water partition coefficient (Wildman–Crippen LogP) is 1.73. The molecule has 2 amide bonds. The summed E-state index contributed by atoms with van der Waals surface area (Å²) in [5, 5.41) is 12.3. The number of amides is 2. The number of hydrogen-bond acceptors (Lipinski definition) is 3. The molecular formula is C16H23N3O2. The van der Waals surface area contributed by atoms with Gasteiger partial charge in [0.05, 0.1) is 12.0 Å². The number of carbonyl (C=O) groups excluding carboxylic acids is 2. The molecule has 21 heavy (non-hydrogen) atoms. The van der Waals surface area contributed by atoms with Crippen LogP contribution >= 0.6 is 0 Å². The van der Waals surface area contributed by atoms with Crippen LogP contribution in [0.3, 0.4) is 0 Å². The normalized spacial score (nSPS) is 28.8. The van der Waals surface area contributed by atoms with E-state index in [9.17, 15) is 14.9 Å². The molecule has 0 unspecified atom stereocenters. The highest BCUT2D eigenvalue weighted by Gasteiger charge is 2.42. The molecule has 2 aliphatic carbocycles. The maximum absolute atomic E-state index is 12.4. The second-order valence-corrected chi connectivity index (χ2v) is 6.78. The standard InChI is InChI=1S/C16H23N3O2/c17-11-16(7-3-4-8-16)18-15(21)12-9-14(20)19(10-12)13-5-1-2-6-13/h12-13H,1-10H2,(H,18,21)/t12-/m0/s1. The molecule has 1 N–H and O–H groups in total. The molecule has 0 aromatic rings. The smallest absolute Gasteiger partial charge is 0.226 e. The Balaban J connectivity index is 1.61. The minimum atomic E-state index is -0.680. The van der Waals surface area contributed by atoms with Gasteiger partial charge in [0.2, 0.25) is 11.8 Å². The van der Waals surface area contributed by atoms with Gasteiger partial charge in [0.15, 0.2) is 0 Å². The molecule has 3 aliphatic rings. The largest absolute Gasteiger partial charge is 0.339 e. The van der Waals surface area contributed by atoms with E-state index >= 15 is 0 Å². The third-order valence-corrected chi connectivity index (χ3v) is 5.33. The Morgan fingerprint density at radius 2 is 1.90 bits per heavy atom. The van der Waals surface area contributed by atoms with Gasteiger partial charge >= 0.3 is 0 Å². The van der Waals surface area contributed by atoms with Crippen LogP contribution < -0.4 is 5.32 Å². The Morgan fingerprint density at radius 1 is 1.24 bits per heavy atom. The van der Waals surface area contributed by atoms with Crippen molar-refractivity contribution in [3.05, 3.63) is 0 Å². The van der Waals surface area contributed by atoms with Crippen LogP contribution in [-0.2, 0) is 9.59 Å². The highest BCUT2D eigenvalue weighted by molar-refractivity contribution is 5.90. The van der Waals surface area contributed by atoms with Crippen LogP contribution in [-0.4, -0.2) is 34.8 Å². The van der Waals surface area contributed by atoms with Gasteiger partial charge in [0, 0.05) is 19.0 Å². The lowest BCUT2D eigenvalue weighted by Gasteiger charge is -2.26. The monoisotopic (exact) mass is 289 g/mol. The third-order valence-electron chi connectivity index (χ3n) is 5.33. The second kappa shape index (κ2) is 5.67. The van der Waals surface area contributed by atoms with Crippen molar-refractivity contribution in [3.8, 4) is 6.07 Å². The minimum Gasteiger partial charge on any atom is -0.339 e. The molecule has 0 aromatic heterocycles. The quantitative estimate of drug-likeness (QED) is 0.860. The first-order valence-electron chi connectivity index (χ1n) is 8.16. The van der Waals surface area contributed by atoms with Crippen molar-refractivity contribution in [2.75, 3.05) is 6.54 Å². The lowest BCUT2D eigenvalue weighted by Crippen LogP contribution is -2.48. The first-order valence-corrected chi connectivity index (χ1v) is 8.16. The van der Waals surface area contributed by atoms with Gasteiger partial charge in [0.25, 0.3) is 0 Å². The lowest BCUT2D eigenvalue weighted by atomic mass is 9.97. The van der Waals surface area contributed by atoms with Crippen LogP contribution in [0.25, 0.3) is 0 Å². The molecule has 1 heterocycles. The average molecular weight is 289 g/mol. The number of likely N-dealkylation sites (tertiary alicyclic amines) is 1. The van der Waals surface area contributed by atoms with Gasteiger partial charge in [0.1, 0.15) is 5.54 Å². The molecule has 5 nitrogen and oxygen atoms in total. The van der Waals surface area contributed by atoms with E-state index in [0.717, 1.165) is 38.5 Å². The summed E-state index contributed by atoms with van der Waals surface area (Å²) >= 11 is 0. The molecule has 0 bridgehead atoms. The fraction of sp³-hybridized carbons (Fsp3) is 0.812. The van der Waals surface area contributed by atoms with Crippen molar-refractivity contribution in [1.29, 1.82) is 5.26 Å². The van der Waals surface area contributed by atoms with Crippen molar-refractivity contribution in [2.24, 2.45) is 5.92 Å². The number of carbonyl (C=O) groups is 2. The molecule has 3 fully saturated rings. The van der Waals surface area contributed by atoms with E-state index in [0.29, 0.717) is 19.0 Å². The van der Waals surface area contributed by atoms with Crippen LogP contribution in [0.15, 0.2) is 0 Å². The number of nitriles is 1. The van der Waals surface area contributed by atoms with Gasteiger partial charge in [-0.1, -0.05) is 12.8 Å². The summed E-state index contributed by atoms with van der Waals surface area (Å²) in [6.45, 7) is 0.539. The summed E-state index contributed by atoms with van der Waals surface area (Å²) in [4.78, 5) is 26.5. The number of hydrogen-bond donors (Lipinski definition) is 1. The van der Waals surface area contributed by atoms with E-state index in [1.54, 1.807) is 0 Å². The highest BCUT2D eigenvalue weighted by Crippen LogP contribution is 2.32. The van der Waals surface area contributed by atoms with Crippen molar-refractivity contribution in [2.45, 2.75) is 69.4 Å². The molecule has 114 valence electrons. The van der Waals surface area contributed by atoms with Crippen LogP contribution in [0.1, 0.15) is 57.8 Å². The van der Waals surface area contributed by atoms with Gasteiger partial charge in [-0.25, -0.2) is 0 Å². The van der Waals surface area contributed by atoms with Crippen LogP contribution in [0, 0.1) is 17.2 Å². The van der Waals surface area contributed by atoms with Gasteiger partial charge in [-0.3, -0.25) is 9.59 Å². The van der Waals surface area contributed by atoms with Crippen molar-refractivity contribution in [3.63, 3.8) is 0 Å². The molecule has 0 aromatic carbocycles. The topological polar surface area (TPSA) is 73.2 Å². The van der Waals surface area contributed by atoms with E-state index in [-0.39, 0.29) is 17.7 Å².